The Labute approximate surface area is 232 Å². The molecule has 1 heterocycles. The molecule has 0 N–H and O–H groups in total. The topological polar surface area (TPSA) is 16.4 Å². The first-order valence-electron chi connectivity index (χ1n) is 13.0. The molecule has 39 heavy (non-hydrogen) atoms. The van der Waals surface area contributed by atoms with Gasteiger partial charge in [-0.15, -0.1) is 0 Å². The molecule has 0 spiro atoms. The van der Waals surface area contributed by atoms with Crippen molar-refractivity contribution in [2.45, 2.75) is 0 Å². The zero-order valence-corrected chi connectivity index (χ0v) is 21.8. The van der Waals surface area contributed by atoms with Crippen LogP contribution in [-0.2, 0) is 0 Å². The number of halogens is 1. The summed E-state index contributed by atoms with van der Waals surface area (Å²) in [6.07, 6.45) is 0. The molecule has 0 aliphatic heterocycles. The summed E-state index contributed by atoms with van der Waals surface area (Å²) in [5.74, 6) is 0. The van der Waals surface area contributed by atoms with Gasteiger partial charge in [-0.05, 0) is 82.9 Å². The number of nitrogens with zero attached hydrogens (tertiary/aromatic N) is 1. The van der Waals surface area contributed by atoms with E-state index in [0.717, 1.165) is 55.2 Å². The summed E-state index contributed by atoms with van der Waals surface area (Å²) in [4.78, 5) is 2.29. The number of rotatable bonds is 5. The molecule has 0 saturated carbocycles. The normalized spacial score (nSPS) is 11.2. The third kappa shape index (κ3) is 4.46. The van der Waals surface area contributed by atoms with Crippen LogP contribution >= 0.6 is 11.6 Å². The van der Waals surface area contributed by atoms with Crippen LogP contribution in [-0.4, -0.2) is 0 Å². The van der Waals surface area contributed by atoms with Crippen molar-refractivity contribution in [3.05, 3.63) is 151 Å². The Balaban J connectivity index is 1.34. The van der Waals surface area contributed by atoms with Gasteiger partial charge >= 0.3 is 0 Å². The van der Waals surface area contributed by atoms with E-state index in [2.05, 4.69) is 120 Å². The summed E-state index contributed by atoms with van der Waals surface area (Å²) in [7, 11) is 0. The lowest BCUT2D eigenvalue weighted by Gasteiger charge is -2.26. The lowest BCUT2D eigenvalue weighted by Crippen LogP contribution is -2.09. The van der Waals surface area contributed by atoms with E-state index in [-0.39, 0.29) is 0 Å². The van der Waals surface area contributed by atoms with E-state index in [1.54, 1.807) is 0 Å². The second-order valence-electron chi connectivity index (χ2n) is 9.58. The molecule has 3 heteroatoms. The first kappa shape index (κ1) is 23.3. The van der Waals surface area contributed by atoms with E-state index < -0.39 is 0 Å². The molecule has 0 fully saturated rings. The maximum atomic E-state index is 6.11. The number of furan rings is 1. The van der Waals surface area contributed by atoms with Crippen LogP contribution in [0.4, 0.5) is 17.1 Å². The smallest absolute Gasteiger partial charge is 0.135 e. The van der Waals surface area contributed by atoms with E-state index in [1.165, 1.54) is 11.1 Å². The molecule has 7 aromatic rings. The first-order valence-corrected chi connectivity index (χ1v) is 13.3. The molecule has 0 bridgehead atoms. The Hall–Kier alpha value is -4.79. The Bertz CT molecular complexity index is 1890. The average molecular weight is 522 g/mol. The van der Waals surface area contributed by atoms with E-state index in [4.69, 9.17) is 16.0 Å². The number of hydrogen-bond acceptors (Lipinski definition) is 2. The lowest BCUT2D eigenvalue weighted by molar-refractivity contribution is 0.669. The second-order valence-corrected chi connectivity index (χ2v) is 10.0. The van der Waals surface area contributed by atoms with Crippen LogP contribution in [0.15, 0.2) is 150 Å². The van der Waals surface area contributed by atoms with Crippen molar-refractivity contribution < 1.29 is 4.42 Å². The van der Waals surface area contributed by atoms with Gasteiger partial charge in [0.15, 0.2) is 0 Å². The predicted octanol–water partition coefficient (Wildman–Crippen LogP) is 11.0. The third-order valence-electron chi connectivity index (χ3n) is 7.15. The second kappa shape index (κ2) is 9.83. The van der Waals surface area contributed by atoms with Gasteiger partial charge in [0.05, 0.1) is 0 Å². The summed E-state index contributed by atoms with van der Waals surface area (Å²) in [5, 5.41) is 2.96. The lowest BCUT2D eigenvalue weighted by atomic mass is 10.0. The van der Waals surface area contributed by atoms with Gasteiger partial charge in [0.2, 0.25) is 0 Å². The highest BCUT2D eigenvalue weighted by Crippen LogP contribution is 2.39. The van der Waals surface area contributed by atoms with Crippen molar-refractivity contribution in [3.8, 4) is 22.3 Å². The fraction of sp³-hybridized carbons (Fsp3) is 0. The molecule has 0 aliphatic rings. The molecule has 6 aromatic carbocycles. The average Bonchev–Trinajstić information content (AvgIpc) is 3.37. The Kier molecular flexibility index (Phi) is 5.88. The summed E-state index contributed by atoms with van der Waals surface area (Å²) in [6, 6.07) is 50.5. The highest BCUT2D eigenvalue weighted by Gasteiger charge is 2.16. The van der Waals surface area contributed by atoms with Gasteiger partial charge < -0.3 is 9.32 Å². The SMILES string of the molecule is Clc1ccc(-c2ccc(N(c3ccc(-c4ccccc4)cc3)c3ccc4oc5ccccc5c4c3)cc2)cc1. The minimum Gasteiger partial charge on any atom is -0.456 e. The van der Waals surface area contributed by atoms with Gasteiger partial charge in [0.25, 0.3) is 0 Å². The fourth-order valence-corrected chi connectivity index (χ4v) is 5.31. The van der Waals surface area contributed by atoms with Crippen molar-refractivity contribution in [2.75, 3.05) is 4.90 Å². The van der Waals surface area contributed by atoms with Crippen molar-refractivity contribution >= 4 is 50.6 Å². The fourth-order valence-electron chi connectivity index (χ4n) is 5.18. The minimum atomic E-state index is 0.739. The number of anilines is 3. The number of para-hydroxylation sites is 1. The Morgan fingerprint density at radius 3 is 1.54 bits per heavy atom. The quantitative estimate of drug-likeness (QED) is 0.224. The van der Waals surface area contributed by atoms with Crippen LogP contribution in [0.25, 0.3) is 44.2 Å². The van der Waals surface area contributed by atoms with Crippen LogP contribution in [0.3, 0.4) is 0 Å². The number of benzene rings is 6. The molecule has 2 nitrogen and oxygen atoms in total. The zero-order valence-electron chi connectivity index (χ0n) is 21.1. The van der Waals surface area contributed by atoms with Crippen LogP contribution in [0.5, 0.6) is 0 Å². The van der Waals surface area contributed by atoms with E-state index in [0.29, 0.717) is 0 Å². The zero-order chi connectivity index (χ0) is 26.2. The van der Waals surface area contributed by atoms with Crippen molar-refractivity contribution in [3.63, 3.8) is 0 Å². The highest BCUT2D eigenvalue weighted by molar-refractivity contribution is 6.30. The molecule has 1 aromatic heterocycles. The number of fused-ring (bicyclic) bond motifs is 3. The van der Waals surface area contributed by atoms with E-state index >= 15 is 0 Å². The molecular formula is C36H24ClNO. The molecule has 186 valence electrons. The van der Waals surface area contributed by atoms with Gasteiger partial charge in [-0.3, -0.25) is 0 Å². The van der Waals surface area contributed by atoms with Crippen molar-refractivity contribution in [1.29, 1.82) is 0 Å². The van der Waals surface area contributed by atoms with Crippen LogP contribution in [0.2, 0.25) is 5.02 Å². The molecule has 0 saturated heterocycles. The van der Waals surface area contributed by atoms with E-state index in [1.807, 2.05) is 30.3 Å². The standard InChI is InChI=1S/C36H24ClNO/c37-29-16-10-26(11-17-29)28-14-20-31(21-15-28)38(30-18-12-27(13-19-30)25-6-2-1-3-7-25)32-22-23-36-34(24-32)33-8-4-5-9-35(33)39-36/h1-24H. The Morgan fingerprint density at radius 2 is 0.897 bits per heavy atom. The largest absolute Gasteiger partial charge is 0.456 e. The minimum absolute atomic E-state index is 0.739. The summed E-state index contributed by atoms with van der Waals surface area (Å²) < 4.78 is 6.11. The maximum absolute atomic E-state index is 6.11. The molecule has 0 aliphatic carbocycles. The monoisotopic (exact) mass is 521 g/mol. The first-order chi connectivity index (χ1) is 19.2. The van der Waals surface area contributed by atoms with Crippen LogP contribution in [0, 0.1) is 0 Å². The summed E-state index contributed by atoms with van der Waals surface area (Å²) >= 11 is 6.11. The van der Waals surface area contributed by atoms with Gasteiger partial charge in [-0.1, -0.05) is 96.5 Å². The molecule has 0 amide bonds. The molecule has 7 rings (SSSR count). The third-order valence-corrected chi connectivity index (χ3v) is 7.41. The molecule has 0 unspecified atom stereocenters. The predicted molar refractivity (Wildman–Crippen MR) is 164 cm³/mol. The van der Waals surface area contributed by atoms with Crippen LogP contribution < -0.4 is 4.90 Å². The summed E-state index contributed by atoms with van der Waals surface area (Å²) in [6.45, 7) is 0. The van der Waals surface area contributed by atoms with Gasteiger partial charge in [0, 0.05) is 32.9 Å². The summed E-state index contributed by atoms with van der Waals surface area (Å²) in [5.41, 5.74) is 9.69. The van der Waals surface area contributed by atoms with Gasteiger partial charge in [0.1, 0.15) is 11.2 Å². The van der Waals surface area contributed by atoms with Gasteiger partial charge in [-0.25, -0.2) is 0 Å². The highest BCUT2D eigenvalue weighted by atomic mass is 35.5. The molecule has 0 radical (unpaired) electrons. The van der Waals surface area contributed by atoms with Gasteiger partial charge in [-0.2, -0.15) is 0 Å². The Morgan fingerprint density at radius 1 is 0.410 bits per heavy atom. The van der Waals surface area contributed by atoms with E-state index in [9.17, 15) is 0 Å². The molecular weight excluding hydrogens is 498 g/mol. The number of hydrogen-bond donors (Lipinski definition) is 0. The maximum Gasteiger partial charge on any atom is 0.135 e. The van der Waals surface area contributed by atoms with Crippen molar-refractivity contribution in [2.24, 2.45) is 0 Å². The van der Waals surface area contributed by atoms with Crippen LogP contribution in [0.1, 0.15) is 0 Å². The van der Waals surface area contributed by atoms with Crippen molar-refractivity contribution in [1.82, 2.24) is 0 Å². The molecule has 0 atom stereocenters.